The molecule has 2 aromatic heterocycles. The van der Waals surface area contributed by atoms with E-state index in [4.69, 9.17) is 18.9 Å². The molecule has 4 heterocycles. The van der Waals surface area contributed by atoms with E-state index < -0.39 is 0 Å². The van der Waals surface area contributed by atoms with Crippen LogP contribution in [0.3, 0.4) is 0 Å². The number of ether oxygens (including phenoxy) is 4. The molecule has 2 aliphatic rings. The van der Waals surface area contributed by atoms with Gasteiger partial charge in [0.15, 0.2) is 23.0 Å². The summed E-state index contributed by atoms with van der Waals surface area (Å²) in [5.74, 6) is 9.39. The highest BCUT2D eigenvalue weighted by molar-refractivity contribution is 7.11. The highest BCUT2D eigenvalue weighted by Gasteiger charge is 2.19. The highest BCUT2D eigenvalue weighted by atomic mass is 32.1. The van der Waals surface area contributed by atoms with Gasteiger partial charge in [-0.2, -0.15) is 0 Å². The molecule has 4 rings (SSSR count). The van der Waals surface area contributed by atoms with E-state index >= 15 is 0 Å². The van der Waals surface area contributed by atoms with Crippen LogP contribution >= 0.6 is 22.7 Å². The smallest absolute Gasteiger partial charge is 0.187 e. The molecule has 0 N–H and O–H groups in total. The van der Waals surface area contributed by atoms with E-state index in [1.807, 2.05) is 10.8 Å². The van der Waals surface area contributed by atoms with Crippen molar-refractivity contribution in [3.63, 3.8) is 0 Å². The van der Waals surface area contributed by atoms with Crippen molar-refractivity contribution in [2.45, 2.75) is 0 Å². The fraction of sp³-hybridized carbons (Fsp3) is 0.286. The monoisotopic (exact) mass is 306 g/mol. The van der Waals surface area contributed by atoms with Crippen molar-refractivity contribution in [1.82, 2.24) is 0 Å². The second kappa shape index (κ2) is 4.93. The molecule has 0 atom stereocenters. The summed E-state index contributed by atoms with van der Waals surface area (Å²) in [6.07, 6.45) is 0. The Labute approximate surface area is 123 Å². The van der Waals surface area contributed by atoms with Crippen LogP contribution in [0.15, 0.2) is 10.8 Å². The van der Waals surface area contributed by atoms with Gasteiger partial charge in [0.2, 0.25) is 0 Å². The minimum absolute atomic E-state index is 0.573. The zero-order chi connectivity index (χ0) is 13.4. The van der Waals surface area contributed by atoms with Gasteiger partial charge < -0.3 is 18.9 Å². The van der Waals surface area contributed by atoms with Gasteiger partial charge in [-0.05, 0) is 11.8 Å². The van der Waals surface area contributed by atoms with Gasteiger partial charge in [0.1, 0.15) is 36.2 Å². The molecule has 6 heteroatoms. The minimum Gasteiger partial charge on any atom is -0.485 e. The van der Waals surface area contributed by atoms with Gasteiger partial charge in [-0.1, -0.05) is 0 Å². The summed E-state index contributed by atoms with van der Waals surface area (Å²) in [6.45, 7) is 2.34. The summed E-state index contributed by atoms with van der Waals surface area (Å²) in [6, 6.07) is 0. The van der Waals surface area contributed by atoms with Crippen LogP contribution in [0.25, 0.3) is 0 Å². The van der Waals surface area contributed by atoms with Crippen LogP contribution in [0.5, 0.6) is 23.0 Å². The third-order valence-electron chi connectivity index (χ3n) is 2.89. The molecular formula is C14H10O4S2. The van der Waals surface area contributed by atoms with Crippen LogP contribution in [0.2, 0.25) is 0 Å². The maximum atomic E-state index is 5.61. The first-order chi connectivity index (χ1) is 9.92. The van der Waals surface area contributed by atoms with Gasteiger partial charge in [0, 0.05) is 10.8 Å². The lowest BCUT2D eigenvalue weighted by Gasteiger charge is -2.15. The largest absolute Gasteiger partial charge is 0.485 e. The number of fused-ring (bicyclic) bond motifs is 2. The maximum Gasteiger partial charge on any atom is 0.187 e. The lowest BCUT2D eigenvalue weighted by Crippen LogP contribution is -2.14. The van der Waals surface area contributed by atoms with Crippen molar-refractivity contribution in [2.24, 2.45) is 0 Å². The maximum absolute atomic E-state index is 5.61. The lowest BCUT2D eigenvalue weighted by molar-refractivity contribution is 0.173. The molecule has 4 nitrogen and oxygen atoms in total. The van der Waals surface area contributed by atoms with E-state index in [1.54, 1.807) is 0 Å². The van der Waals surface area contributed by atoms with Gasteiger partial charge in [0.05, 0.1) is 0 Å². The Bertz CT molecular complexity index is 646. The predicted octanol–water partition coefficient (Wildman–Crippen LogP) is 2.75. The molecule has 2 aliphatic heterocycles. The van der Waals surface area contributed by atoms with Crippen molar-refractivity contribution in [1.29, 1.82) is 0 Å². The fourth-order valence-corrected chi connectivity index (χ4v) is 3.56. The zero-order valence-corrected chi connectivity index (χ0v) is 12.1. The highest BCUT2D eigenvalue weighted by Crippen LogP contribution is 2.40. The number of hydrogen-bond acceptors (Lipinski definition) is 6. The molecule has 0 aromatic carbocycles. The standard InChI is InChI=1S/C14H10O4S2/c1(11-13-9(7-19-11)15-3-5-17-13)2-12-14-10(8-20-12)16-4-6-18-14/h7-8H,3-6H2. The van der Waals surface area contributed by atoms with Gasteiger partial charge >= 0.3 is 0 Å². The summed E-state index contributed by atoms with van der Waals surface area (Å²) >= 11 is 3.07. The van der Waals surface area contributed by atoms with Crippen molar-refractivity contribution >= 4 is 22.7 Å². The van der Waals surface area contributed by atoms with Gasteiger partial charge in [-0.15, -0.1) is 22.7 Å². The molecule has 0 spiro atoms. The molecule has 0 aliphatic carbocycles. The predicted molar refractivity (Wildman–Crippen MR) is 76.6 cm³/mol. The molecule has 0 saturated heterocycles. The van der Waals surface area contributed by atoms with Crippen LogP contribution < -0.4 is 18.9 Å². The van der Waals surface area contributed by atoms with E-state index in [0.29, 0.717) is 26.4 Å². The Kier molecular flexibility index (Phi) is 2.94. The molecule has 0 fully saturated rings. The van der Waals surface area contributed by atoms with Crippen LogP contribution in [-0.2, 0) is 0 Å². The van der Waals surface area contributed by atoms with E-state index in [-0.39, 0.29) is 0 Å². The summed E-state index contributed by atoms with van der Waals surface area (Å²) in [5.41, 5.74) is 0. The molecule has 0 amide bonds. The second-order valence-electron chi connectivity index (χ2n) is 4.16. The van der Waals surface area contributed by atoms with Crippen LogP contribution in [0, 0.1) is 11.8 Å². The molecule has 0 unspecified atom stereocenters. The average Bonchev–Trinajstić information content (AvgIpc) is 3.09. The third-order valence-corrected chi connectivity index (χ3v) is 4.60. The molecular weight excluding hydrogens is 296 g/mol. The Morgan fingerprint density at radius 2 is 1.15 bits per heavy atom. The molecule has 0 radical (unpaired) electrons. The molecule has 2 aromatic rings. The number of thiophene rings is 2. The first kappa shape index (κ1) is 11.9. The number of rotatable bonds is 0. The summed E-state index contributed by atoms with van der Waals surface area (Å²) in [7, 11) is 0. The fourth-order valence-electron chi connectivity index (χ4n) is 2.01. The number of hydrogen-bond donors (Lipinski definition) is 0. The Hall–Kier alpha value is -1.84. The quantitative estimate of drug-likeness (QED) is 0.701. The van der Waals surface area contributed by atoms with Gasteiger partial charge in [0.25, 0.3) is 0 Å². The minimum atomic E-state index is 0.573. The van der Waals surface area contributed by atoms with Crippen molar-refractivity contribution in [2.75, 3.05) is 26.4 Å². The van der Waals surface area contributed by atoms with Crippen molar-refractivity contribution in [3.05, 3.63) is 20.5 Å². The van der Waals surface area contributed by atoms with Crippen LogP contribution in [0.4, 0.5) is 0 Å². The van der Waals surface area contributed by atoms with E-state index in [1.165, 1.54) is 22.7 Å². The summed E-state index contributed by atoms with van der Waals surface area (Å²) in [5, 5.41) is 3.87. The molecule has 0 bridgehead atoms. The van der Waals surface area contributed by atoms with Crippen molar-refractivity contribution in [3.8, 4) is 34.8 Å². The normalized spacial score (nSPS) is 15.4. The van der Waals surface area contributed by atoms with Crippen LogP contribution in [-0.4, -0.2) is 26.4 Å². The summed E-state index contributed by atoms with van der Waals surface area (Å²) < 4.78 is 22.2. The van der Waals surface area contributed by atoms with E-state index in [2.05, 4.69) is 11.8 Å². The Balaban J connectivity index is 1.67. The third kappa shape index (κ3) is 1.99. The topological polar surface area (TPSA) is 36.9 Å². The van der Waals surface area contributed by atoms with E-state index in [0.717, 1.165) is 32.8 Å². The molecule has 0 saturated carbocycles. The first-order valence-corrected chi connectivity index (χ1v) is 7.94. The second-order valence-corrected chi connectivity index (χ2v) is 5.92. The molecule has 20 heavy (non-hydrogen) atoms. The van der Waals surface area contributed by atoms with E-state index in [9.17, 15) is 0 Å². The lowest BCUT2D eigenvalue weighted by atomic mass is 10.3. The molecule has 102 valence electrons. The first-order valence-electron chi connectivity index (χ1n) is 6.18. The Morgan fingerprint density at radius 1 is 0.700 bits per heavy atom. The van der Waals surface area contributed by atoms with Gasteiger partial charge in [-0.3, -0.25) is 0 Å². The summed E-state index contributed by atoms with van der Waals surface area (Å²) in [4.78, 5) is 1.78. The average molecular weight is 306 g/mol. The SMILES string of the molecule is C(#Cc1scc2c1OCCO2)c1scc2c1OCCO2. The van der Waals surface area contributed by atoms with Crippen LogP contribution in [0.1, 0.15) is 9.75 Å². The zero-order valence-electron chi connectivity index (χ0n) is 10.4. The Morgan fingerprint density at radius 3 is 1.65 bits per heavy atom. The van der Waals surface area contributed by atoms with Gasteiger partial charge in [-0.25, -0.2) is 0 Å². The van der Waals surface area contributed by atoms with Crippen molar-refractivity contribution < 1.29 is 18.9 Å².